The van der Waals surface area contributed by atoms with Crippen molar-refractivity contribution in [2.45, 2.75) is 26.9 Å². The second-order valence-corrected chi connectivity index (χ2v) is 6.14. The Balaban J connectivity index is 2.18. The molecule has 5 heteroatoms. The maximum atomic E-state index is 12.9. The van der Waals surface area contributed by atoms with Crippen LogP contribution in [0.15, 0.2) is 59.5 Å². The summed E-state index contributed by atoms with van der Waals surface area (Å²) < 4.78 is 12.3. The predicted molar refractivity (Wildman–Crippen MR) is 101 cm³/mol. The summed E-state index contributed by atoms with van der Waals surface area (Å²) in [5.41, 5.74) is 0.830. The summed E-state index contributed by atoms with van der Waals surface area (Å²) in [6, 6.07) is 14.2. The molecule has 0 bridgehead atoms. The van der Waals surface area contributed by atoms with Gasteiger partial charge < -0.3 is 9.47 Å². The number of esters is 1. The van der Waals surface area contributed by atoms with Crippen molar-refractivity contribution in [1.29, 1.82) is 0 Å². The van der Waals surface area contributed by atoms with Crippen LogP contribution in [-0.4, -0.2) is 23.2 Å². The van der Waals surface area contributed by atoms with Crippen LogP contribution >= 0.6 is 0 Å². The number of hydrogen-bond acceptors (Lipinski definition) is 4. The summed E-state index contributed by atoms with van der Waals surface area (Å²) in [5, 5.41) is 1.06. The number of aromatic nitrogens is 1. The first-order chi connectivity index (χ1) is 12.5. The van der Waals surface area contributed by atoms with E-state index < -0.39 is 5.97 Å². The van der Waals surface area contributed by atoms with E-state index in [0.29, 0.717) is 28.6 Å². The van der Waals surface area contributed by atoms with Gasteiger partial charge in [-0.25, -0.2) is 4.79 Å². The second kappa shape index (κ2) is 7.44. The summed E-state index contributed by atoms with van der Waals surface area (Å²) in [6.07, 6.45) is 1.30. The zero-order valence-electron chi connectivity index (χ0n) is 15.1. The van der Waals surface area contributed by atoms with Crippen molar-refractivity contribution >= 4 is 16.7 Å². The lowest BCUT2D eigenvalue weighted by Crippen LogP contribution is -2.22. The topological polar surface area (TPSA) is 57.5 Å². The smallest absolute Gasteiger partial charge is 0.340 e. The highest BCUT2D eigenvalue weighted by atomic mass is 16.5. The molecule has 0 aliphatic carbocycles. The molecule has 0 fully saturated rings. The van der Waals surface area contributed by atoms with Gasteiger partial charge in [0.25, 0.3) is 5.56 Å². The molecule has 3 rings (SSSR count). The van der Waals surface area contributed by atoms with Crippen molar-refractivity contribution < 1.29 is 14.3 Å². The van der Waals surface area contributed by atoms with Gasteiger partial charge in [0.2, 0.25) is 0 Å². The molecule has 0 N–H and O–H groups in total. The lowest BCUT2D eigenvalue weighted by molar-refractivity contribution is 0.0379. The molecule has 1 heterocycles. The maximum Gasteiger partial charge on any atom is 0.340 e. The largest absolute Gasteiger partial charge is 0.494 e. The van der Waals surface area contributed by atoms with Crippen LogP contribution in [0.1, 0.15) is 31.1 Å². The highest BCUT2D eigenvalue weighted by molar-refractivity contribution is 6.04. The van der Waals surface area contributed by atoms with Crippen molar-refractivity contribution in [2.75, 3.05) is 6.61 Å². The van der Waals surface area contributed by atoms with E-state index in [1.165, 1.54) is 4.57 Å². The molecular formula is C21H21NO4. The summed E-state index contributed by atoms with van der Waals surface area (Å²) in [6.45, 7) is 6.07. The average Bonchev–Trinajstić information content (AvgIpc) is 2.63. The molecule has 3 aromatic rings. The number of hydrogen-bond donors (Lipinski definition) is 0. The van der Waals surface area contributed by atoms with Crippen LogP contribution in [0.3, 0.4) is 0 Å². The van der Waals surface area contributed by atoms with E-state index in [0.717, 1.165) is 5.75 Å². The van der Waals surface area contributed by atoms with Gasteiger partial charge in [-0.2, -0.15) is 0 Å². The molecule has 0 spiro atoms. The number of nitrogens with zero attached hydrogens (tertiary/aromatic N) is 1. The summed E-state index contributed by atoms with van der Waals surface area (Å²) in [7, 11) is 0. The van der Waals surface area contributed by atoms with Crippen LogP contribution in [0, 0.1) is 0 Å². The number of carbonyl (C=O) groups is 1. The molecule has 0 unspecified atom stereocenters. The second-order valence-electron chi connectivity index (χ2n) is 6.14. The molecular weight excluding hydrogens is 330 g/mol. The number of carbonyl (C=O) groups excluding carboxylic acids is 1. The normalized spacial score (nSPS) is 10.9. The Morgan fingerprint density at radius 1 is 1.04 bits per heavy atom. The van der Waals surface area contributed by atoms with Crippen molar-refractivity contribution in [3.05, 3.63) is 70.6 Å². The standard InChI is InChI=1S/C21H21NO4/c1-4-25-16-11-9-15(10-12-16)22-13-19(21(24)26-14(2)3)17-7-5-6-8-18(17)20(22)23/h5-14H,4H2,1-3H3. The minimum absolute atomic E-state index is 0.189. The molecule has 0 atom stereocenters. The third-order valence-electron chi connectivity index (χ3n) is 3.91. The fourth-order valence-corrected chi connectivity index (χ4v) is 2.79. The van der Waals surface area contributed by atoms with Crippen molar-refractivity contribution in [2.24, 2.45) is 0 Å². The van der Waals surface area contributed by atoms with Crippen molar-refractivity contribution in [3.8, 4) is 11.4 Å². The van der Waals surface area contributed by atoms with Crippen LogP contribution in [-0.2, 0) is 4.74 Å². The summed E-state index contributed by atoms with van der Waals surface area (Å²) in [5.74, 6) is 0.278. The molecule has 26 heavy (non-hydrogen) atoms. The van der Waals surface area contributed by atoms with Gasteiger partial charge in [-0.15, -0.1) is 0 Å². The van der Waals surface area contributed by atoms with E-state index in [-0.39, 0.29) is 11.7 Å². The SMILES string of the molecule is CCOc1ccc(-n2cc(C(=O)OC(C)C)c3ccccc3c2=O)cc1. The Morgan fingerprint density at radius 3 is 2.31 bits per heavy atom. The van der Waals surface area contributed by atoms with Crippen LogP contribution in [0.25, 0.3) is 16.5 Å². The van der Waals surface area contributed by atoms with Gasteiger partial charge in [-0.1, -0.05) is 18.2 Å². The van der Waals surface area contributed by atoms with E-state index in [2.05, 4.69) is 0 Å². The third-order valence-corrected chi connectivity index (χ3v) is 3.91. The van der Waals surface area contributed by atoms with Gasteiger partial charge in [-0.3, -0.25) is 9.36 Å². The first kappa shape index (κ1) is 17.7. The van der Waals surface area contributed by atoms with Crippen molar-refractivity contribution in [3.63, 3.8) is 0 Å². The predicted octanol–water partition coefficient (Wildman–Crippen LogP) is 3.95. The number of rotatable bonds is 5. The molecule has 0 aliphatic rings. The van der Waals surface area contributed by atoms with E-state index in [9.17, 15) is 9.59 Å². The lowest BCUT2D eigenvalue weighted by Gasteiger charge is -2.14. The molecule has 5 nitrogen and oxygen atoms in total. The van der Waals surface area contributed by atoms with E-state index in [4.69, 9.17) is 9.47 Å². The number of pyridine rings is 1. The summed E-state index contributed by atoms with van der Waals surface area (Å²) >= 11 is 0. The quantitative estimate of drug-likeness (QED) is 0.653. The van der Waals surface area contributed by atoms with Crippen molar-refractivity contribution in [1.82, 2.24) is 4.57 Å². The zero-order chi connectivity index (χ0) is 18.7. The first-order valence-electron chi connectivity index (χ1n) is 8.60. The van der Waals surface area contributed by atoms with Crippen LogP contribution < -0.4 is 10.3 Å². The van der Waals surface area contributed by atoms with E-state index >= 15 is 0 Å². The monoisotopic (exact) mass is 351 g/mol. The van der Waals surface area contributed by atoms with E-state index in [1.807, 2.05) is 6.92 Å². The van der Waals surface area contributed by atoms with Crippen LogP contribution in [0.4, 0.5) is 0 Å². The van der Waals surface area contributed by atoms with Gasteiger partial charge in [0.05, 0.1) is 18.3 Å². The summed E-state index contributed by atoms with van der Waals surface area (Å²) in [4.78, 5) is 25.5. The van der Waals surface area contributed by atoms with Gasteiger partial charge >= 0.3 is 5.97 Å². The minimum atomic E-state index is -0.448. The molecule has 134 valence electrons. The highest BCUT2D eigenvalue weighted by Crippen LogP contribution is 2.20. The van der Waals surface area contributed by atoms with Crippen LogP contribution in [0.2, 0.25) is 0 Å². The average molecular weight is 351 g/mol. The molecule has 0 radical (unpaired) electrons. The van der Waals surface area contributed by atoms with E-state index in [1.54, 1.807) is 68.6 Å². The van der Waals surface area contributed by atoms with Gasteiger partial charge in [0.1, 0.15) is 5.75 Å². The Hall–Kier alpha value is -3.08. The fourth-order valence-electron chi connectivity index (χ4n) is 2.79. The maximum absolute atomic E-state index is 12.9. The zero-order valence-corrected chi connectivity index (χ0v) is 15.1. The van der Waals surface area contributed by atoms with Gasteiger partial charge in [-0.05, 0) is 51.1 Å². The van der Waals surface area contributed by atoms with Crippen LogP contribution in [0.5, 0.6) is 5.75 Å². The minimum Gasteiger partial charge on any atom is -0.494 e. The molecule has 0 saturated heterocycles. The number of benzene rings is 2. The molecule has 1 aromatic heterocycles. The number of fused-ring (bicyclic) bond motifs is 1. The fraction of sp³-hybridized carbons (Fsp3) is 0.238. The Morgan fingerprint density at radius 2 is 1.69 bits per heavy atom. The number of ether oxygens (including phenoxy) is 2. The Labute approximate surface area is 151 Å². The molecule has 0 saturated carbocycles. The van der Waals surface area contributed by atoms with Gasteiger partial charge in [0.15, 0.2) is 0 Å². The highest BCUT2D eigenvalue weighted by Gasteiger charge is 2.17. The Kier molecular flexibility index (Phi) is 5.07. The molecule has 0 aliphatic heterocycles. The molecule has 2 aromatic carbocycles. The lowest BCUT2D eigenvalue weighted by atomic mass is 10.1. The Bertz CT molecular complexity index is 987. The third kappa shape index (κ3) is 3.47. The van der Waals surface area contributed by atoms with Gasteiger partial charge in [0, 0.05) is 22.7 Å². The first-order valence-corrected chi connectivity index (χ1v) is 8.60. The molecule has 0 amide bonds.